The summed E-state index contributed by atoms with van der Waals surface area (Å²) in [6.45, 7) is 0.110. The first-order valence-electron chi connectivity index (χ1n) is 7.98. The Bertz CT molecular complexity index is 1010. The Labute approximate surface area is 144 Å². The highest BCUT2D eigenvalue weighted by Crippen LogP contribution is 2.36. The Morgan fingerprint density at radius 3 is 2.69 bits per heavy atom. The fourth-order valence-corrected chi connectivity index (χ4v) is 2.77. The van der Waals surface area contributed by atoms with E-state index in [2.05, 4.69) is 20.3 Å². The number of aromatic nitrogens is 4. The Hall–Kier alpha value is -3.04. The molecule has 0 radical (unpaired) electrons. The van der Waals surface area contributed by atoms with E-state index < -0.39 is 12.0 Å². The number of fused-ring (bicyclic) bond motifs is 2. The third-order valence-electron chi connectivity index (χ3n) is 4.20. The van der Waals surface area contributed by atoms with Crippen LogP contribution >= 0.6 is 0 Å². The molecule has 1 aliphatic carbocycles. The van der Waals surface area contributed by atoms with Crippen molar-refractivity contribution in [2.45, 2.75) is 25.1 Å². The maximum absolute atomic E-state index is 13.3. The van der Waals surface area contributed by atoms with Gasteiger partial charge >= 0.3 is 6.18 Å². The van der Waals surface area contributed by atoms with Gasteiger partial charge in [0.2, 0.25) is 12.6 Å². The minimum absolute atomic E-state index is 0.0781. The maximum atomic E-state index is 13.3. The smallest absolute Gasteiger partial charge is 0.451 e. The third-order valence-corrected chi connectivity index (χ3v) is 4.20. The van der Waals surface area contributed by atoms with Crippen LogP contribution in [0.4, 0.5) is 19.0 Å². The van der Waals surface area contributed by atoms with Gasteiger partial charge in [-0.1, -0.05) is 0 Å². The molecule has 3 aromatic rings. The molecule has 1 fully saturated rings. The van der Waals surface area contributed by atoms with E-state index in [-0.39, 0.29) is 24.3 Å². The lowest BCUT2D eigenvalue weighted by Crippen LogP contribution is -2.15. The zero-order valence-corrected chi connectivity index (χ0v) is 13.2. The highest BCUT2D eigenvalue weighted by molar-refractivity contribution is 5.84. The molecule has 0 saturated heterocycles. The van der Waals surface area contributed by atoms with Gasteiger partial charge < -0.3 is 14.8 Å². The van der Waals surface area contributed by atoms with Crippen molar-refractivity contribution in [1.82, 2.24) is 19.5 Å². The zero-order chi connectivity index (χ0) is 17.9. The topological polar surface area (TPSA) is 74.1 Å². The van der Waals surface area contributed by atoms with Crippen LogP contribution in [0.3, 0.4) is 0 Å². The summed E-state index contributed by atoms with van der Waals surface area (Å²) in [7, 11) is 0. The first-order chi connectivity index (χ1) is 12.5. The van der Waals surface area contributed by atoms with Crippen molar-refractivity contribution in [2.24, 2.45) is 0 Å². The normalized spacial score (nSPS) is 16.3. The number of anilines is 1. The van der Waals surface area contributed by atoms with Gasteiger partial charge in [0.15, 0.2) is 28.5 Å². The third kappa shape index (κ3) is 2.49. The molecule has 134 valence electrons. The van der Waals surface area contributed by atoms with Crippen molar-refractivity contribution in [2.75, 3.05) is 12.1 Å². The van der Waals surface area contributed by atoms with Gasteiger partial charge in [-0.15, -0.1) is 0 Å². The van der Waals surface area contributed by atoms with E-state index in [1.165, 1.54) is 10.9 Å². The molecular weight excluding hydrogens is 351 g/mol. The van der Waals surface area contributed by atoms with E-state index in [0.29, 0.717) is 22.7 Å². The predicted octanol–water partition coefficient (Wildman–Crippen LogP) is 3.14. The van der Waals surface area contributed by atoms with E-state index in [1.54, 1.807) is 18.2 Å². The zero-order valence-electron chi connectivity index (χ0n) is 13.2. The van der Waals surface area contributed by atoms with Crippen LogP contribution < -0.4 is 14.8 Å². The molecule has 5 rings (SSSR count). The van der Waals surface area contributed by atoms with Crippen molar-refractivity contribution in [1.29, 1.82) is 0 Å². The lowest BCUT2D eigenvalue weighted by atomic mass is 10.2. The van der Waals surface area contributed by atoms with Crippen LogP contribution in [0.15, 0.2) is 24.5 Å². The molecule has 0 atom stereocenters. The monoisotopic (exact) mass is 363 g/mol. The first-order valence-corrected chi connectivity index (χ1v) is 7.98. The summed E-state index contributed by atoms with van der Waals surface area (Å²) in [4.78, 5) is 11.6. The Morgan fingerprint density at radius 2 is 1.92 bits per heavy atom. The Kier molecular flexibility index (Phi) is 3.06. The average molecular weight is 363 g/mol. The molecule has 0 unspecified atom stereocenters. The van der Waals surface area contributed by atoms with Crippen LogP contribution in [0, 0.1) is 0 Å². The number of ether oxygens (including phenoxy) is 2. The number of nitrogens with one attached hydrogen (secondary N) is 1. The van der Waals surface area contributed by atoms with Gasteiger partial charge in [-0.3, -0.25) is 4.57 Å². The molecule has 10 heteroatoms. The number of alkyl halides is 3. The van der Waals surface area contributed by atoms with Crippen LogP contribution in [0.5, 0.6) is 11.5 Å². The highest BCUT2D eigenvalue weighted by atomic mass is 19.4. The second kappa shape index (κ2) is 5.23. The van der Waals surface area contributed by atoms with Gasteiger partial charge in [-0.25, -0.2) is 15.0 Å². The molecule has 0 spiro atoms. The average Bonchev–Trinajstić information content (AvgIpc) is 3.13. The summed E-state index contributed by atoms with van der Waals surface area (Å²) in [5.41, 5.74) is 0.942. The molecule has 0 amide bonds. The quantitative estimate of drug-likeness (QED) is 0.771. The largest absolute Gasteiger partial charge is 0.454 e. The summed E-state index contributed by atoms with van der Waals surface area (Å²) in [6.07, 6.45) is -1.43. The van der Waals surface area contributed by atoms with Crippen molar-refractivity contribution in [3.8, 4) is 17.2 Å². The van der Waals surface area contributed by atoms with E-state index in [0.717, 1.165) is 12.8 Å². The van der Waals surface area contributed by atoms with E-state index in [4.69, 9.17) is 9.47 Å². The number of benzene rings is 1. The second-order valence-electron chi connectivity index (χ2n) is 6.14. The summed E-state index contributed by atoms with van der Waals surface area (Å²) >= 11 is 0. The van der Waals surface area contributed by atoms with Gasteiger partial charge in [-0.05, 0) is 25.0 Å². The van der Waals surface area contributed by atoms with E-state index in [9.17, 15) is 13.2 Å². The van der Waals surface area contributed by atoms with E-state index >= 15 is 0 Å². The molecule has 26 heavy (non-hydrogen) atoms. The van der Waals surface area contributed by atoms with Crippen LogP contribution in [-0.2, 0) is 6.18 Å². The van der Waals surface area contributed by atoms with Crippen LogP contribution in [0.2, 0.25) is 0 Å². The van der Waals surface area contributed by atoms with Crippen molar-refractivity contribution >= 4 is 17.0 Å². The minimum atomic E-state index is -4.65. The molecule has 3 heterocycles. The molecular formula is C16H12F3N5O2. The second-order valence-corrected chi connectivity index (χ2v) is 6.14. The van der Waals surface area contributed by atoms with Gasteiger partial charge in [0, 0.05) is 12.1 Å². The fraction of sp³-hybridized carbons (Fsp3) is 0.312. The number of imidazole rings is 1. The van der Waals surface area contributed by atoms with Crippen molar-refractivity contribution < 1.29 is 22.6 Å². The number of rotatable bonds is 3. The van der Waals surface area contributed by atoms with Crippen molar-refractivity contribution in [3.63, 3.8) is 0 Å². The summed E-state index contributed by atoms with van der Waals surface area (Å²) in [5, 5.41) is 3.01. The number of nitrogens with zero attached hydrogens (tertiary/aromatic N) is 4. The maximum Gasteiger partial charge on any atom is 0.451 e. The Morgan fingerprint density at radius 1 is 1.12 bits per heavy atom. The molecule has 0 bridgehead atoms. The number of hydrogen-bond donors (Lipinski definition) is 1. The molecule has 2 aliphatic rings. The van der Waals surface area contributed by atoms with Crippen LogP contribution in [0.25, 0.3) is 16.9 Å². The highest BCUT2D eigenvalue weighted by Gasteiger charge is 2.37. The summed E-state index contributed by atoms with van der Waals surface area (Å²) in [6, 6.07) is 5.20. The van der Waals surface area contributed by atoms with Gasteiger partial charge in [0.25, 0.3) is 0 Å². The van der Waals surface area contributed by atoms with Crippen LogP contribution in [0.1, 0.15) is 18.7 Å². The fourth-order valence-electron chi connectivity index (χ4n) is 2.77. The standard InChI is InChI=1S/C16H12F3N5O2/c17-16(18,19)15-22-13(21-8-1-2-8)12-14(23-15)24(6-20-12)9-3-4-10-11(5-9)26-7-25-10/h3-6,8H,1-2,7H2,(H,21,22,23). The first kappa shape index (κ1) is 15.2. The van der Waals surface area contributed by atoms with Gasteiger partial charge in [0.05, 0.1) is 5.69 Å². The minimum Gasteiger partial charge on any atom is -0.454 e. The van der Waals surface area contributed by atoms with Crippen molar-refractivity contribution in [3.05, 3.63) is 30.4 Å². The molecule has 1 N–H and O–H groups in total. The molecule has 1 aliphatic heterocycles. The van der Waals surface area contributed by atoms with Crippen LogP contribution in [-0.4, -0.2) is 32.4 Å². The van der Waals surface area contributed by atoms with Gasteiger partial charge in [-0.2, -0.15) is 13.2 Å². The number of hydrogen-bond acceptors (Lipinski definition) is 6. The molecule has 7 nitrogen and oxygen atoms in total. The molecule has 2 aromatic heterocycles. The Balaban J connectivity index is 1.68. The lowest BCUT2D eigenvalue weighted by Gasteiger charge is -2.11. The number of halogens is 3. The molecule has 1 aromatic carbocycles. The van der Waals surface area contributed by atoms with Gasteiger partial charge in [0.1, 0.15) is 6.33 Å². The predicted molar refractivity (Wildman–Crippen MR) is 84.4 cm³/mol. The lowest BCUT2D eigenvalue weighted by molar-refractivity contribution is -0.144. The summed E-state index contributed by atoms with van der Waals surface area (Å²) < 4.78 is 51.8. The molecule has 1 saturated carbocycles. The van der Waals surface area contributed by atoms with E-state index in [1.807, 2.05) is 0 Å². The summed E-state index contributed by atoms with van der Waals surface area (Å²) in [5.74, 6) is 0.00519. The SMILES string of the molecule is FC(F)(F)c1nc(NC2CC2)c2ncn(-c3ccc4c(c3)OCO4)c2n1.